The Bertz CT molecular complexity index is 912. The van der Waals surface area contributed by atoms with E-state index < -0.39 is 6.09 Å². The van der Waals surface area contributed by atoms with E-state index in [9.17, 15) is 9.59 Å². The molecule has 7 heteroatoms. The summed E-state index contributed by atoms with van der Waals surface area (Å²) in [7, 11) is 1.46. The van der Waals surface area contributed by atoms with E-state index in [2.05, 4.69) is 5.32 Å². The van der Waals surface area contributed by atoms with Crippen LogP contribution in [0.5, 0.6) is 5.95 Å². The van der Waals surface area contributed by atoms with Gasteiger partial charge in [0, 0.05) is 23.4 Å². The van der Waals surface area contributed by atoms with Gasteiger partial charge in [-0.2, -0.15) is 0 Å². The molecule has 0 fully saturated rings. The number of nitrogens with one attached hydrogen (secondary N) is 1. The maximum Gasteiger partial charge on any atom is 0.414 e. The first-order chi connectivity index (χ1) is 11.0. The van der Waals surface area contributed by atoms with E-state index in [0.717, 1.165) is 10.4 Å². The summed E-state index contributed by atoms with van der Waals surface area (Å²) in [5.41, 5.74) is 1.31. The molecule has 0 aliphatic carbocycles. The summed E-state index contributed by atoms with van der Waals surface area (Å²) < 4.78 is 10.4. The lowest BCUT2D eigenvalue weighted by Crippen LogP contribution is -2.21. The molecule has 0 bridgehead atoms. The Labute approximate surface area is 140 Å². The summed E-state index contributed by atoms with van der Waals surface area (Å²) in [6.07, 6.45) is -0.621. The van der Waals surface area contributed by atoms with Crippen LogP contribution >= 0.6 is 22.9 Å². The smallest absolute Gasteiger partial charge is 0.414 e. The summed E-state index contributed by atoms with van der Waals surface area (Å²) in [5, 5.41) is 3.46. The fourth-order valence-corrected chi connectivity index (χ4v) is 3.26. The van der Waals surface area contributed by atoms with Gasteiger partial charge >= 0.3 is 6.09 Å². The summed E-state index contributed by atoms with van der Waals surface area (Å²) in [5.74, 6) is 0.0898. The molecule has 0 unspecified atom stereocenters. The number of hydrogen-bond acceptors (Lipinski definition) is 5. The number of hydrogen-bond donors (Lipinski definition) is 1. The van der Waals surface area contributed by atoms with Crippen LogP contribution in [0.4, 0.5) is 4.79 Å². The van der Waals surface area contributed by atoms with Crippen LogP contribution in [0.15, 0.2) is 34.7 Å². The van der Waals surface area contributed by atoms with Gasteiger partial charge in [0.05, 0.1) is 9.90 Å². The van der Waals surface area contributed by atoms with E-state index in [-0.39, 0.29) is 11.7 Å². The molecular formula is C16H12ClNO4S. The second-order valence-electron chi connectivity index (χ2n) is 4.80. The Morgan fingerprint density at radius 2 is 2.04 bits per heavy atom. The van der Waals surface area contributed by atoms with Gasteiger partial charge in [-0.05, 0) is 36.8 Å². The Morgan fingerprint density at radius 3 is 2.70 bits per heavy atom. The molecule has 118 valence electrons. The first-order valence-electron chi connectivity index (χ1n) is 6.71. The van der Waals surface area contributed by atoms with Crippen LogP contribution in [-0.4, -0.2) is 18.9 Å². The topological polar surface area (TPSA) is 68.5 Å². The van der Waals surface area contributed by atoms with E-state index >= 15 is 0 Å². The standard InChI is InChI=1S/C16H12ClNO4S/c1-8(19)12-3-4-13(23-12)9-5-10-7-14(22-16(20)18-2)21-15(10)11(17)6-9/h3-7H,1-2H3,(H,18,20). The molecule has 0 spiro atoms. The number of carbonyl (C=O) groups excluding carboxylic acids is 2. The molecule has 23 heavy (non-hydrogen) atoms. The zero-order valence-electron chi connectivity index (χ0n) is 12.3. The Morgan fingerprint density at radius 1 is 1.26 bits per heavy atom. The summed E-state index contributed by atoms with van der Waals surface area (Å²) in [6.45, 7) is 1.53. The van der Waals surface area contributed by atoms with Crippen LogP contribution in [0.1, 0.15) is 16.6 Å². The molecule has 0 saturated heterocycles. The zero-order chi connectivity index (χ0) is 16.6. The Hall–Kier alpha value is -2.31. The third-order valence-corrected chi connectivity index (χ3v) is 4.70. The van der Waals surface area contributed by atoms with Crippen molar-refractivity contribution in [3.63, 3.8) is 0 Å². The van der Waals surface area contributed by atoms with Crippen molar-refractivity contribution in [3.05, 3.63) is 40.2 Å². The van der Waals surface area contributed by atoms with Crippen molar-refractivity contribution in [2.24, 2.45) is 0 Å². The number of benzene rings is 1. The predicted octanol–water partition coefficient (Wildman–Crippen LogP) is 4.74. The average Bonchev–Trinajstić information content (AvgIpc) is 3.13. The molecule has 3 aromatic rings. The largest absolute Gasteiger partial charge is 0.424 e. The zero-order valence-corrected chi connectivity index (χ0v) is 13.9. The van der Waals surface area contributed by atoms with Gasteiger partial charge in [-0.15, -0.1) is 11.3 Å². The van der Waals surface area contributed by atoms with Crippen molar-refractivity contribution in [1.29, 1.82) is 0 Å². The van der Waals surface area contributed by atoms with Gasteiger partial charge < -0.3 is 14.5 Å². The van der Waals surface area contributed by atoms with Gasteiger partial charge in [0.1, 0.15) is 0 Å². The fraction of sp³-hybridized carbons (Fsp3) is 0.125. The second-order valence-corrected chi connectivity index (χ2v) is 6.29. The molecule has 2 aromatic heterocycles. The minimum Gasteiger partial charge on any atom is -0.424 e. The molecule has 1 N–H and O–H groups in total. The number of amides is 1. The number of carbonyl (C=O) groups is 2. The van der Waals surface area contributed by atoms with Crippen LogP contribution in [-0.2, 0) is 0 Å². The van der Waals surface area contributed by atoms with Crippen LogP contribution < -0.4 is 10.1 Å². The number of furan rings is 1. The van der Waals surface area contributed by atoms with Crippen molar-refractivity contribution in [2.75, 3.05) is 7.05 Å². The lowest BCUT2D eigenvalue weighted by molar-refractivity contribution is 0.102. The molecule has 5 nitrogen and oxygen atoms in total. The van der Waals surface area contributed by atoms with E-state index in [0.29, 0.717) is 20.9 Å². The quantitative estimate of drug-likeness (QED) is 0.694. The SMILES string of the molecule is CNC(=O)Oc1cc2cc(-c3ccc(C(C)=O)s3)cc(Cl)c2o1. The molecule has 2 heterocycles. The third-order valence-electron chi connectivity index (χ3n) is 3.18. The maximum atomic E-state index is 11.4. The van der Waals surface area contributed by atoms with Crippen molar-refractivity contribution >= 4 is 45.8 Å². The fourth-order valence-electron chi connectivity index (χ4n) is 2.10. The van der Waals surface area contributed by atoms with E-state index in [1.54, 1.807) is 18.2 Å². The van der Waals surface area contributed by atoms with Gasteiger partial charge in [-0.1, -0.05) is 11.6 Å². The van der Waals surface area contributed by atoms with Crippen molar-refractivity contribution in [1.82, 2.24) is 5.32 Å². The van der Waals surface area contributed by atoms with Gasteiger partial charge in [0.2, 0.25) is 0 Å². The van der Waals surface area contributed by atoms with Gasteiger partial charge in [0.25, 0.3) is 5.95 Å². The minimum absolute atomic E-state index is 0.0259. The Kier molecular flexibility index (Phi) is 4.11. The number of ether oxygens (including phenoxy) is 1. The van der Waals surface area contributed by atoms with Crippen molar-refractivity contribution in [3.8, 4) is 16.4 Å². The number of halogens is 1. The van der Waals surface area contributed by atoms with Crippen LogP contribution in [0.2, 0.25) is 5.02 Å². The highest BCUT2D eigenvalue weighted by Crippen LogP contribution is 2.37. The molecule has 0 atom stereocenters. The van der Waals surface area contributed by atoms with Crippen LogP contribution in [0.3, 0.4) is 0 Å². The molecule has 1 aromatic carbocycles. The summed E-state index contributed by atoms with van der Waals surface area (Å²) >= 11 is 7.65. The van der Waals surface area contributed by atoms with Crippen molar-refractivity contribution in [2.45, 2.75) is 6.92 Å². The molecule has 3 rings (SSSR count). The van der Waals surface area contributed by atoms with Crippen molar-refractivity contribution < 1.29 is 18.7 Å². The lowest BCUT2D eigenvalue weighted by atomic mass is 10.1. The molecule has 0 aliphatic heterocycles. The first-order valence-corrected chi connectivity index (χ1v) is 7.91. The number of fused-ring (bicyclic) bond motifs is 1. The Balaban J connectivity index is 2.02. The highest BCUT2D eigenvalue weighted by molar-refractivity contribution is 7.17. The summed E-state index contributed by atoms with van der Waals surface area (Å²) in [6, 6.07) is 8.89. The third kappa shape index (κ3) is 3.09. The lowest BCUT2D eigenvalue weighted by Gasteiger charge is -1.99. The first kappa shape index (κ1) is 15.6. The highest BCUT2D eigenvalue weighted by atomic mass is 35.5. The van der Waals surface area contributed by atoms with Gasteiger partial charge in [0.15, 0.2) is 11.4 Å². The van der Waals surface area contributed by atoms with E-state index in [4.69, 9.17) is 20.8 Å². The number of rotatable bonds is 3. The minimum atomic E-state index is -0.621. The van der Waals surface area contributed by atoms with E-state index in [1.165, 1.54) is 25.3 Å². The normalized spacial score (nSPS) is 10.7. The second kappa shape index (κ2) is 6.06. The van der Waals surface area contributed by atoms with Crippen LogP contribution in [0.25, 0.3) is 21.4 Å². The molecular weight excluding hydrogens is 338 g/mol. The number of ketones is 1. The maximum absolute atomic E-state index is 11.4. The predicted molar refractivity (Wildman–Crippen MR) is 89.6 cm³/mol. The highest BCUT2D eigenvalue weighted by Gasteiger charge is 2.14. The van der Waals surface area contributed by atoms with Crippen LogP contribution in [0, 0.1) is 0 Å². The molecule has 1 amide bonds. The monoisotopic (exact) mass is 349 g/mol. The summed E-state index contributed by atoms with van der Waals surface area (Å²) in [4.78, 5) is 24.3. The molecule has 0 aliphatic rings. The molecule has 0 saturated carbocycles. The van der Waals surface area contributed by atoms with Gasteiger partial charge in [-0.25, -0.2) is 4.79 Å². The average molecular weight is 350 g/mol. The van der Waals surface area contributed by atoms with E-state index in [1.807, 2.05) is 12.1 Å². The number of thiophene rings is 1. The molecule has 0 radical (unpaired) electrons. The van der Waals surface area contributed by atoms with Gasteiger partial charge in [-0.3, -0.25) is 4.79 Å². The number of Topliss-reactive ketones (excluding diaryl/α,β-unsaturated/α-hetero) is 1.